The lowest BCUT2D eigenvalue weighted by Gasteiger charge is -2.22. The summed E-state index contributed by atoms with van der Waals surface area (Å²) in [4.78, 5) is 31.1. The lowest BCUT2D eigenvalue weighted by atomic mass is 9.80. The van der Waals surface area contributed by atoms with E-state index in [1.807, 2.05) is 38.1 Å². The second-order valence-corrected chi connectivity index (χ2v) is 6.45. The number of oxazole rings is 1. The van der Waals surface area contributed by atoms with Crippen LogP contribution in [0.2, 0.25) is 0 Å². The third-order valence-corrected chi connectivity index (χ3v) is 5.13. The number of carbonyl (C=O) groups excluding carboxylic acids is 2. The molecule has 0 N–H and O–H groups in total. The van der Waals surface area contributed by atoms with Crippen LogP contribution < -0.4 is 0 Å². The van der Waals surface area contributed by atoms with Gasteiger partial charge in [0.25, 0.3) is 0 Å². The van der Waals surface area contributed by atoms with Crippen LogP contribution >= 0.6 is 0 Å². The van der Waals surface area contributed by atoms with E-state index in [1.54, 1.807) is 0 Å². The van der Waals surface area contributed by atoms with Gasteiger partial charge in [-0.1, -0.05) is 24.3 Å². The maximum absolute atomic E-state index is 13.0. The number of aryl methyl sites for hydroxylation is 3. The molecule has 1 atom stereocenters. The summed E-state index contributed by atoms with van der Waals surface area (Å²) in [7, 11) is 0. The molecule has 1 aliphatic carbocycles. The van der Waals surface area contributed by atoms with Crippen LogP contribution in [0.1, 0.15) is 41.3 Å². The molecule has 23 heavy (non-hydrogen) atoms. The zero-order chi connectivity index (χ0) is 16.2. The van der Waals surface area contributed by atoms with E-state index in [0.717, 1.165) is 23.4 Å². The number of hydrogen-bond donors (Lipinski definition) is 0. The van der Waals surface area contributed by atoms with E-state index in [9.17, 15) is 9.59 Å². The molecule has 5 nitrogen and oxygen atoms in total. The fraction of sp³-hybridized carbons (Fsp3) is 0.389. The summed E-state index contributed by atoms with van der Waals surface area (Å²) in [6.45, 7) is 3.80. The van der Waals surface area contributed by atoms with Crippen LogP contribution in [0, 0.1) is 13.8 Å². The molecule has 0 bridgehead atoms. The number of carbonyl (C=O) groups is 2. The number of rotatable bonds is 2. The topological polar surface area (TPSA) is 63.4 Å². The maximum atomic E-state index is 13.0. The fourth-order valence-corrected chi connectivity index (χ4v) is 3.80. The summed E-state index contributed by atoms with van der Waals surface area (Å²) in [5, 5.41) is 0. The minimum Gasteiger partial charge on any atom is -0.444 e. The molecule has 118 valence electrons. The molecule has 2 aliphatic rings. The number of amides is 2. The van der Waals surface area contributed by atoms with Crippen molar-refractivity contribution in [2.45, 2.75) is 45.1 Å². The molecule has 1 spiro atoms. The molecule has 1 aromatic carbocycles. The lowest BCUT2D eigenvalue weighted by Crippen LogP contribution is -2.36. The molecule has 1 saturated heterocycles. The maximum Gasteiger partial charge on any atom is 0.240 e. The van der Waals surface area contributed by atoms with E-state index in [1.165, 1.54) is 10.5 Å². The van der Waals surface area contributed by atoms with Crippen molar-refractivity contribution in [3.05, 3.63) is 52.7 Å². The van der Waals surface area contributed by atoms with Crippen molar-refractivity contribution in [1.82, 2.24) is 9.88 Å². The third-order valence-electron chi connectivity index (χ3n) is 5.13. The van der Waals surface area contributed by atoms with Gasteiger partial charge < -0.3 is 4.42 Å². The van der Waals surface area contributed by atoms with Gasteiger partial charge in [0.2, 0.25) is 17.7 Å². The summed E-state index contributed by atoms with van der Waals surface area (Å²) in [5.41, 5.74) is 2.31. The molecular weight excluding hydrogens is 292 g/mol. The van der Waals surface area contributed by atoms with Gasteiger partial charge in [0.05, 0.1) is 11.1 Å². The SMILES string of the molecule is Cc1nc(CN2C(=O)CC3(CCc4ccccc43)C2=O)oc1C. The van der Waals surface area contributed by atoms with Gasteiger partial charge in [-0.25, -0.2) is 4.98 Å². The molecule has 0 radical (unpaired) electrons. The molecule has 2 amide bonds. The Bertz CT molecular complexity index is 804. The van der Waals surface area contributed by atoms with Gasteiger partial charge >= 0.3 is 0 Å². The average molecular weight is 310 g/mol. The van der Waals surface area contributed by atoms with E-state index < -0.39 is 5.41 Å². The Morgan fingerprint density at radius 1 is 1.26 bits per heavy atom. The highest BCUT2D eigenvalue weighted by atomic mass is 16.4. The van der Waals surface area contributed by atoms with Gasteiger partial charge in [0.1, 0.15) is 12.3 Å². The highest BCUT2D eigenvalue weighted by Gasteiger charge is 2.55. The molecule has 5 heteroatoms. The van der Waals surface area contributed by atoms with Crippen molar-refractivity contribution in [3.63, 3.8) is 0 Å². The zero-order valence-corrected chi connectivity index (χ0v) is 13.3. The second kappa shape index (κ2) is 4.78. The number of hydrogen-bond acceptors (Lipinski definition) is 4. The van der Waals surface area contributed by atoms with Crippen LogP contribution in [0.4, 0.5) is 0 Å². The predicted octanol–water partition coefficient (Wildman–Crippen LogP) is 2.43. The second-order valence-electron chi connectivity index (χ2n) is 6.45. The van der Waals surface area contributed by atoms with Crippen LogP contribution in [0.5, 0.6) is 0 Å². The monoisotopic (exact) mass is 310 g/mol. The van der Waals surface area contributed by atoms with E-state index in [4.69, 9.17) is 4.42 Å². The third kappa shape index (κ3) is 1.96. The number of fused-ring (bicyclic) bond motifs is 2. The minimum absolute atomic E-state index is 0.110. The molecular formula is C18H18N2O3. The Morgan fingerprint density at radius 2 is 2.04 bits per heavy atom. The van der Waals surface area contributed by atoms with Crippen molar-refractivity contribution in [1.29, 1.82) is 0 Å². The van der Waals surface area contributed by atoms with Crippen molar-refractivity contribution in [2.75, 3.05) is 0 Å². The molecule has 0 saturated carbocycles. The number of likely N-dealkylation sites (tertiary alicyclic amines) is 1. The summed E-state index contributed by atoms with van der Waals surface area (Å²) >= 11 is 0. The molecule has 2 heterocycles. The van der Waals surface area contributed by atoms with E-state index >= 15 is 0 Å². The van der Waals surface area contributed by atoms with Crippen LogP contribution in [0.25, 0.3) is 0 Å². The average Bonchev–Trinajstić information content (AvgIpc) is 3.13. The largest absolute Gasteiger partial charge is 0.444 e. The fourth-order valence-electron chi connectivity index (χ4n) is 3.80. The van der Waals surface area contributed by atoms with Gasteiger partial charge in [-0.2, -0.15) is 0 Å². The van der Waals surface area contributed by atoms with Crippen LogP contribution in [0.3, 0.4) is 0 Å². The quantitative estimate of drug-likeness (QED) is 0.799. The molecule has 1 aliphatic heterocycles. The van der Waals surface area contributed by atoms with Crippen molar-refractivity contribution in [3.8, 4) is 0 Å². The van der Waals surface area contributed by atoms with Crippen molar-refractivity contribution >= 4 is 11.8 Å². The zero-order valence-electron chi connectivity index (χ0n) is 13.3. The molecule has 1 unspecified atom stereocenters. The van der Waals surface area contributed by atoms with E-state index in [2.05, 4.69) is 4.98 Å². The smallest absolute Gasteiger partial charge is 0.240 e. The number of nitrogens with zero attached hydrogens (tertiary/aromatic N) is 2. The van der Waals surface area contributed by atoms with Crippen LogP contribution in [-0.4, -0.2) is 21.7 Å². The van der Waals surface area contributed by atoms with Gasteiger partial charge in [-0.15, -0.1) is 0 Å². The van der Waals surface area contributed by atoms with Crippen molar-refractivity contribution in [2.24, 2.45) is 0 Å². The highest BCUT2D eigenvalue weighted by Crippen LogP contribution is 2.47. The molecule has 1 fully saturated rings. The predicted molar refractivity (Wildman–Crippen MR) is 82.6 cm³/mol. The lowest BCUT2D eigenvalue weighted by molar-refractivity contribution is -0.141. The first-order chi connectivity index (χ1) is 11.0. The molecule has 4 rings (SSSR count). The highest BCUT2D eigenvalue weighted by molar-refractivity contribution is 6.09. The Kier molecular flexibility index (Phi) is 2.95. The van der Waals surface area contributed by atoms with E-state index in [-0.39, 0.29) is 24.8 Å². The van der Waals surface area contributed by atoms with Gasteiger partial charge in [-0.3, -0.25) is 14.5 Å². The number of aromatic nitrogens is 1. The van der Waals surface area contributed by atoms with Gasteiger partial charge in [0, 0.05) is 6.42 Å². The normalized spacial score (nSPS) is 23.1. The minimum atomic E-state index is -0.676. The van der Waals surface area contributed by atoms with Gasteiger partial charge in [-0.05, 0) is 37.8 Å². The first-order valence-electron chi connectivity index (χ1n) is 7.87. The summed E-state index contributed by atoms with van der Waals surface area (Å²) in [5.74, 6) is 0.895. The number of benzene rings is 1. The van der Waals surface area contributed by atoms with Crippen molar-refractivity contribution < 1.29 is 14.0 Å². The Labute approximate surface area is 134 Å². The Balaban J connectivity index is 1.67. The van der Waals surface area contributed by atoms with E-state index in [0.29, 0.717) is 12.3 Å². The first-order valence-corrected chi connectivity index (χ1v) is 7.87. The number of imide groups is 1. The van der Waals surface area contributed by atoms with Gasteiger partial charge in [0.15, 0.2) is 0 Å². The Hall–Kier alpha value is -2.43. The summed E-state index contributed by atoms with van der Waals surface area (Å²) in [6, 6.07) is 7.95. The Morgan fingerprint density at radius 3 is 2.78 bits per heavy atom. The molecule has 1 aromatic heterocycles. The van der Waals surface area contributed by atoms with Crippen LogP contribution in [-0.2, 0) is 28.0 Å². The summed E-state index contributed by atoms with van der Waals surface area (Å²) < 4.78 is 5.54. The molecule has 2 aromatic rings. The summed E-state index contributed by atoms with van der Waals surface area (Å²) in [6.07, 6.45) is 1.80. The standard InChI is InChI=1S/C18H18N2O3/c1-11-12(2)23-15(19-11)10-20-16(21)9-18(17(20)22)8-7-13-5-3-4-6-14(13)18/h3-6H,7-10H2,1-2H3. The van der Waals surface area contributed by atoms with Crippen LogP contribution in [0.15, 0.2) is 28.7 Å². The first kappa shape index (κ1) is 14.2.